The topological polar surface area (TPSA) is 86.7 Å². The Hall–Kier alpha value is -4.84. The highest BCUT2D eigenvalue weighted by atomic mass is 16.6. The molecule has 0 fully saturated rings. The molecule has 0 unspecified atom stereocenters. The molecule has 6 heteroatoms. The number of hydrogen-bond acceptors (Lipinski definition) is 6. The molecule has 0 bridgehead atoms. The van der Waals surface area contributed by atoms with Crippen LogP contribution in [0.1, 0.15) is 52.6 Å². The first-order chi connectivity index (χ1) is 17.0. The van der Waals surface area contributed by atoms with Gasteiger partial charge in [0.15, 0.2) is 0 Å². The molecule has 0 spiro atoms. The van der Waals surface area contributed by atoms with Gasteiger partial charge in [-0.25, -0.2) is 19.2 Å². The molecule has 4 aromatic rings. The fraction of sp³-hybridized carbons (Fsp3) is 0.0345. The largest absolute Gasteiger partial charge is 0.386 e. The summed E-state index contributed by atoms with van der Waals surface area (Å²) in [5, 5.41) is 0. The molecule has 0 atom stereocenters. The molecule has 0 aromatic heterocycles. The highest BCUT2D eigenvalue weighted by Crippen LogP contribution is 2.35. The number of ether oxygens (including phenoxy) is 2. The van der Waals surface area contributed by atoms with Crippen molar-refractivity contribution >= 4 is 23.9 Å². The number of rotatable bonds is 0. The van der Waals surface area contributed by atoms with Crippen LogP contribution in [0, 0.1) is 0 Å². The van der Waals surface area contributed by atoms with E-state index in [0.29, 0.717) is 22.3 Å². The van der Waals surface area contributed by atoms with E-state index < -0.39 is 23.9 Å². The van der Waals surface area contributed by atoms with E-state index in [9.17, 15) is 19.2 Å². The Kier molecular flexibility index (Phi) is 5.77. The number of fused-ring (bicyclic) bond motifs is 5. The molecule has 2 heterocycles. The number of carbonyl (C=O) groups excluding carboxylic acids is 4. The molecule has 0 saturated carbocycles. The van der Waals surface area contributed by atoms with Crippen molar-refractivity contribution in [1.82, 2.24) is 0 Å². The van der Waals surface area contributed by atoms with Crippen molar-refractivity contribution in [3.8, 4) is 11.1 Å². The monoisotopic (exact) mass is 462 g/mol. The zero-order valence-electron chi connectivity index (χ0n) is 18.4. The van der Waals surface area contributed by atoms with Gasteiger partial charge >= 0.3 is 23.9 Å². The van der Waals surface area contributed by atoms with Gasteiger partial charge < -0.3 is 9.47 Å². The van der Waals surface area contributed by atoms with Crippen LogP contribution in [-0.2, 0) is 15.9 Å². The first-order valence-electron chi connectivity index (χ1n) is 10.9. The van der Waals surface area contributed by atoms with Gasteiger partial charge in [-0.1, -0.05) is 72.8 Å². The van der Waals surface area contributed by atoms with Crippen LogP contribution >= 0.6 is 0 Å². The summed E-state index contributed by atoms with van der Waals surface area (Å²) in [6.07, 6.45) is 1.10. The summed E-state index contributed by atoms with van der Waals surface area (Å²) >= 11 is 0. The molecule has 1 aliphatic carbocycles. The van der Waals surface area contributed by atoms with E-state index in [1.807, 2.05) is 0 Å². The van der Waals surface area contributed by atoms with Gasteiger partial charge in [-0.05, 0) is 52.9 Å². The minimum Gasteiger partial charge on any atom is -0.386 e. The van der Waals surface area contributed by atoms with E-state index in [4.69, 9.17) is 0 Å². The summed E-state index contributed by atoms with van der Waals surface area (Å²) in [6, 6.07) is 30.4. The van der Waals surface area contributed by atoms with E-state index in [1.54, 1.807) is 48.5 Å². The Morgan fingerprint density at radius 2 is 0.629 bits per heavy atom. The average Bonchev–Trinajstić information content (AvgIpc) is 3.51. The van der Waals surface area contributed by atoms with Crippen molar-refractivity contribution in [3.05, 3.63) is 130 Å². The Morgan fingerprint density at radius 3 is 0.943 bits per heavy atom. The highest BCUT2D eigenvalue weighted by molar-refractivity contribution is 6.15. The van der Waals surface area contributed by atoms with Crippen LogP contribution in [0.25, 0.3) is 11.1 Å². The smallest absolute Gasteiger partial charge is 0.346 e. The molecule has 7 rings (SSSR count). The van der Waals surface area contributed by atoms with E-state index in [1.165, 1.54) is 22.3 Å². The zero-order chi connectivity index (χ0) is 24.4. The van der Waals surface area contributed by atoms with Crippen molar-refractivity contribution in [2.24, 2.45) is 0 Å². The van der Waals surface area contributed by atoms with Gasteiger partial charge in [0.25, 0.3) is 0 Å². The van der Waals surface area contributed by atoms with Crippen LogP contribution in [0.3, 0.4) is 0 Å². The van der Waals surface area contributed by atoms with Gasteiger partial charge in [-0.15, -0.1) is 0 Å². The van der Waals surface area contributed by atoms with Crippen LogP contribution in [-0.4, -0.2) is 23.9 Å². The zero-order valence-corrected chi connectivity index (χ0v) is 18.4. The van der Waals surface area contributed by atoms with Gasteiger partial charge in [0.05, 0.1) is 22.3 Å². The molecule has 2 aliphatic heterocycles. The number of esters is 4. The number of hydrogen-bond donors (Lipinski definition) is 0. The Bertz CT molecular complexity index is 1320. The fourth-order valence-electron chi connectivity index (χ4n) is 4.15. The third-order valence-corrected chi connectivity index (χ3v) is 5.81. The number of benzene rings is 4. The lowest BCUT2D eigenvalue weighted by atomic mass is 10.1. The number of cyclic esters (lactones) is 4. The summed E-state index contributed by atoms with van der Waals surface area (Å²) in [6.45, 7) is 0. The summed E-state index contributed by atoms with van der Waals surface area (Å²) in [5.74, 6) is -2.20. The van der Waals surface area contributed by atoms with E-state index >= 15 is 0 Å². The van der Waals surface area contributed by atoms with Crippen LogP contribution in [0.4, 0.5) is 0 Å². The summed E-state index contributed by atoms with van der Waals surface area (Å²) in [4.78, 5) is 43.3. The standard InChI is InChI=1S/C13H10.2C8H4O3/c1-3-7-12-10(5-1)9-11-6-2-4-8-13(11)12;2*9-7-5-3-1-2-4-6(5)8(10)11-7/h1-8H,9H2;2*1-4H. The van der Waals surface area contributed by atoms with E-state index in [0.717, 1.165) is 6.42 Å². The van der Waals surface area contributed by atoms with E-state index in [2.05, 4.69) is 58.0 Å². The molecule has 170 valence electrons. The van der Waals surface area contributed by atoms with E-state index in [-0.39, 0.29) is 0 Å². The second-order valence-electron chi connectivity index (χ2n) is 7.94. The van der Waals surface area contributed by atoms with Crippen molar-refractivity contribution in [2.75, 3.05) is 0 Å². The molecular formula is C29H18O6. The minimum atomic E-state index is -0.550. The molecule has 4 aromatic carbocycles. The summed E-state index contributed by atoms with van der Waals surface area (Å²) in [7, 11) is 0. The maximum Gasteiger partial charge on any atom is 0.346 e. The second kappa shape index (κ2) is 9.19. The maximum absolute atomic E-state index is 10.8. The molecular weight excluding hydrogens is 444 g/mol. The third-order valence-electron chi connectivity index (χ3n) is 5.81. The van der Waals surface area contributed by atoms with Gasteiger partial charge in [0.2, 0.25) is 0 Å². The van der Waals surface area contributed by atoms with Gasteiger partial charge in [0, 0.05) is 0 Å². The molecule has 0 radical (unpaired) electrons. The van der Waals surface area contributed by atoms with Crippen LogP contribution in [0.5, 0.6) is 0 Å². The quantitative estimate of drug-likeness (QED) is 0.231. The first-order valence-corrected chi connectivity index (χ1v) is 10.9. The fourth-order valence-corrected chi connectivity index (χ4v) is 4.15. The highest BCUT2D eigenvalue weighted by Gasteiger charge is 2.29. The van der Waals surface area contributed by atoms with Crippen LogP contribution < -0.4 is 0 Å². The van der Waals surface area contributed by atoms with Gasteiger partial charge in [-0.2, -0.15) is 0 Å². The molecule has 0 saturated heterocycles. The predicted octanol–water partition coefficient (Wildman–Crippen LogP) is 5.25. The second-order valence-corrected chi connectivity index (χ2v) is 7.94. The maximum atomic E-state index is 10.8. The lowest BCUT2D eigenvalue weighted by Gasteiger charge is -1.98. The first kappa shape index (κ1) is 22.0. The average molecular weight is 462 g/mol. The minimum absolute atomic E-state index is 0.359. The molecule has 0 amide bonds. The Labute approximate surface area is 200 Å². The Balaban J connectivity index is 0.000000109. The summed E-state index contributed by atoms with van der Waals surface area (Å²) < 4.78 is 8.71. The Morgan fingerprint density at radius 1 is 0.371 bits per heavy atom. The molecule has 6 nitrogen and oxygen atoms in total. The lowest BCUT2D eigenvalue weighted by Crippen LogP contribution is -1.96. The van der Waals surface area contributed by atoms with Crippen LogP contribution in [0.2, 0.25) is 0 Å². The van der Waals surface area contributed by atoms with Crippen molar-refractivity contribution < 1.29 is 28.7 Å². The van der Waals surface area contributed by atoms with Crippen molar-refractivity contribution in [3.63, 3.8) is 0 Å². The predicted molar refractivity (Wildman–Crippen MR) is 127 cm³/mol. The SMILES string of the molecule is O=C1OC(=O)c2ccccc21.O=C1OC(=O)c2ccccc21.c1ccc2c(c1)Cc1ccccc1-2. The van der Waals surface area contributed by atoms with Crippen LogP contribution in [0.15, 0.2) is 97.1 Å². The molecule has 0 N–H and O–H groups in total. The summed E-state index contributed by atoms with van der Waals surface area (Å²) in [5.41, 5.74) is 7.19. The van der Waals surface area contributed by atoms with Crippen molar-refractivity contribution in [2.45, 2.75) is 6.42 Å². The van der Waals surface area contributed by atoms with Gasteiger partial charge in [0.1, 0.15) is 0 Å². The number of carbonyl (C=O) groups is 4. The third kappa shape index (κ3) is 4.25. The van der Waals surface area contributed by atoms with Crippen molar-refractivity contribution in [1.29, 1.82) is 0 Å². The molecule has 3 aliphatic rings. The molecule has 35 heavy (non-hydrogen) atoms. The van der Waals surface area contributed by atoms with Gasteiger partial charge in [-0.3, -0.25) is 0 Å². The lowest BCUT2D eigenvalue weighted by molar-refractivity contribution is 0.0425. The normalized spacial score (nSPS) is 13.7.